The first-order valence-electron chi connectivity index (χ1n) is 4.65. The molecule has 0 heterocycles. The summed E-state index contributed by atoms with van der Waals surface area (Å²) in [5.41, 5.74) is -0.881. The standard InChI is InChI=1S/C11H14F2O/c1-7(2)10(14)11(3)5-4-8(12)9(13)6-11/h4,6-7H,5H2,1-3H3. The normalized spacial score (nSPS) is 27.3. The molecular weight excluding hydrogens is 186 g/mol. The molecule has 0 spiro atoms. The highest BCUT2D eigenvalue weighted by Crippen LogP contribution is 2.36. The summed E-state index contributed by atoms with van der Waals surface area (Å²) in [6, 6.07) is 0. The molecule has 1 aliphatic carbocycles. The third-order valence-corrected chi connectivity index (χ3v) is 2.47. The van der Waals surface area contributed by atoms with Crippen molar-refractivity contribution in [2.75, 3.05) is 0 Å². The summed E-state index contributed by atoms with van der Waals surface area (Å²) in [5, 5.41) is 0. The Morgan fingerprint density at radius 2 is 2.00 bits per heavy atom. The lowest BCUT2D eigenvalue weighted by atomic mass is 9.75. The van der Waals surface area contributed by atoms with E-state index in [1.807, 2.05) is 0 Å². The minimum absolute atomic E-state index is 0.0589. The maximum atomic E-state index is 13.0. The van der Waals surface area contributed by atoms with E-state index in [9.17, 15) is 13.6 Å². The summed E-state index contributed by atoms with van der Waals surface area (Å²) in [6.07, 6.45) is 2.46. The largest absolute Gasteiger partial charge is 0.298 e. The quantitative estimate of drug-likeness (QED) is 0.668. The third kappa shape index (κ3) is 1.91. The molecule has 1 atom stereocenters. The van der Waals surface area contributed by atoms with Crippen molar-refractivity contribution in [2.24, 2.45) is 11.3 Å². The summed E-state index contributed by atoms with van der Waals surface area (Å²) >= 11 is 0. The van der Waals surface area contributed by atoms with Gasteiger partial charge < -0.3 is 0 Å². The Bertz CT molecular complexity index is 315. The molecule has 1 nitrogen and oxygen atoms in total. The number of Topliss-reactive ketones (excluding diaryl/α,β-unsaturated/α-hetero) is 1. The maximum Gasteiger partial charge on any atom is 0.155 e. The van der Waals surface area contributed by atoms with Gasteiger partial charge in [0.1, 0.15) is 5.78 Å². The fourth-order valence-corrected chi connectivity index (χ4v) is 1.64. The SMILES string of the molecule is CC(C)C(=O)C1(C)C=C(F)C(F)=CC1. The molecule has 0 aromatic heterocycles. The number of ketones is 1. The number of allylic oxidation sites excluding steroid dienone is 4. The van der Waals surface area contributed by atoms with E-state index in [-0.39, 0.29) is 18.1 Å². The predicted molar refractivity (Wildman–Crippen MR) is 51.0 cm³/mol. The van der Waals surface area contributed by atoms with Crippen LogP contribution in [0, 0.1) is 11.3 Å². The summed E-state index contributed by atoms with van der Waals surface area (Å²) in [5.74, 6) is -2.01. The molecule has 0 saturated carbocycles. The van der Waals surface area contributed by atoms with Gasteiger partial charge in [0.2, 0.25) is 0 Å². The van der Waals surface area contributed by atoms with Crippen LogP contribution >= 0.6 is 0 Å². The van der Waals surface area contributed by atoms with E-state index in [1.54, 1.807) is 20.8 Å². The molecule has 3 heteroatoms. The zero-order chi connectivity index (χ0) is 10.9. The highest BCUT2D eigenvalue weighted by atomic mass is 19.2. The van der Waals surface area contributed by atoms with Gasteiger partial charge in [-0.2, -0.15) is 0 Å². The van der Waals surface area contributed by atoms with E-state index in [4.69, 9.17) is 0 Å². The van der Waals surface area contributed by atoms with Gasteiger partial charge in [-0.1, -0.05) is 13.8 Å². The lowest BCUT2D eigenvalue weighted by Gasteiger charge is -2.27. The molecule has 1 aliphatic rings. The molecule has 0 N–H and O–H groups in total. The average Bonchev–Trinajstić information content (AvgIpc) is 2.11. The smallest absolute Gasteiger partial charge is 0.155 e. The molecule has 0 radical (unpaired) electrons. The Hall–Kier alpha value is -0.990. The topological polar surface area (TPSA) is 17.1 Å². The first kappa shape index (κ1) is 11.1. The van der Waals surface area contributed by atoms with Crippen LogP contribution in [0.4, 0.5) is 8.78 Å². The van der Waals surface area contributed by atoms with Gasteiger partial charge in [-0.05, 0) is 25.5 Å². The van der Waals surface area contributed by atoms with Crippen LogP contribution in [-0.4, -0.2) is 5.78 Å². The number of hydrogen-bond acceptors (Lipinski definition) is 1. The highest BCUT2D eigenvalue weighted by molar-refractivity contribution is 5.88. The zero-order valence-corrected chi connectivity index (χ0v) is 8.60. The monoisotopic (exact) mass is 200 g/mol. The molecule has 0 aromatic carbocycles. The molecule has 1 rings (SSSR count). The van der Waals surface area contributed by atoms with Gasteiger partial charge in [0, 0.05) is 5.92 Å². The van der Waals surface area contributed by atoms with Crippen molar-refractivity contribution >= 4 is 5.78 Å². The molecule has 14 heavy (non-hydrogen) atoms. The van der Waals surface area contributed by atoms with Crippen LogP contribution in [0.5, 0.6) is 0 Å². The van der Waals surface area contributed by atoms with Crippen molar-refractivity contribution in [3.8, 4) is 0 Å². The summed E-state index contributed by atoms with van der Waals surface area (Å²) in [4.78, 5) is 11.7. The van der Waals surface area contributed by atoms with Crippen molar-refractivity contribution in [3.63, 3.8) is 0 Å². The first-order chi connectivity index (χ1) is 6.37. The van der Waals surface area contributed by atoms with Gasteiger partial charge >= 0.3 is 0 Å². The van der Waals surface area contributed by atoms with Gasteiger partial charge in [0.15, 0.2) is 11.7 Å². The average molecular weight is 200 g/mol. The van der Waals surface area contributed by atoms with Crippen LogP contribution < -0.4 is 0 Å². The van der Waals surface area contributed by atoms with Gasteiger partial charge in [-0.3, -0.25) is 4.79 Å². The van der Waals surface area contributed by atoms with E-state index in [0.717, 1.165) is 12.2 Å². The number of hydrogen-bond donors (Lipinski definition) is 0. The fourth-order valence-electron chi connectivity index (χ4n) is 1.64. The molecule has 0 saturated heterocycles. The second kappa shape index (κ2) is 3.64. The molecule has 0 fully saturated rings. The number of halogens is 2. The maximum absolute atomic E-state index is 13.0. The highest BCUT2D eigenvalue weighted by Gasteiger charge is 2.35. The van der Waals surface area contributed by atoms with Gasteiger partial charge in [-0.15, -0.1) is 0 Å². The molecule has 0 bridgehead atoms. The summed E-state index contributed by atoms with van der Waals surface area (Å²) < 4.78 is 25.7. The Kier molecular flexibility index (Phi) is 2.88. The van der Waals surface area contributed by atoms with Crippen LogP contribution in [0.1, 0.15) is 27.2 Å². The molecule has 78 valence electrons. The van der Waals surface area contributed by atoms with Crippen LogP contribution in [0.25, 0.3) is 0 Å². The minimum Gasteiger partial charge on any atom is -0.298 e. The Balaban J connectivity index is 2.96. The fraction of sp³-hybridized carbons (Fsp3) is 0.545. The predicted octanol–water partition coefficient (Wildman–Crippen LogP) is 3.33. The Morgan fingerprint density at radius 1 is 1.43 bits per heavy atom. The van der Waals surface area contributed by atoms with Crippen molar-refractivity contribution in [1.82, 2.24) is 0 Å². The van der Waals surface area contributed by atoms with E-state index in [2.05, 4.69) is 0 Å². The minimum atomic E-state index is -0.923. The van der Waals surface area contributed by atoms with E-state index in [1.165, 1.54) is 0 Å². The molecule has 0 amide bonds. The van der Waals surface area contributed by atoms with Crippen LogP contribution in [0.2, 0.25) is 0 Å². The van der Waals surface area contributed by atoms with E-state index >= 15 is 0 Å². The Morgan fingerprint density at radius 3 is 2.43 bits per heavy atom. The second-order valence-corrected chi connectivity index (χ2v) is 4.18. The number of carbonyl (C=O) groups is 1. The van der Waals surface area contributed by atoms with Gasteiger partial charge in [0.05, 0.1) is 5.41 Å². The van der Waals surface area contributed by atoms with E-state index < -0.39 is 17.1 Å². The van der Waals surface area contributed by atoms with Gasteiger partial charge in [-0.25, -0.2) is 8.78 Å². The number of rotatable bonds is 2. The van der Waals surface area contributed by atoms with Gasteiger partial charge in [0.25, 0.3) is 0 Å². The van der Waals surface area contributed by atoms with Crippen LogP contribution in [0.15, 0.2) is 23.8 Å². The van der Waals surface area contributed by atoms with Crippen molar-refractivity contribution < 1.29 is 13.6 Å². The third-order valence-electron chi connectivity index (χ3n) is 2.47. The first-order valence-corrected chi connectivity index (χ1v) is 4.65. The Labute approximate surface area is 82.5 Å². The van der Waals surface area contributed by atoms with Crippen LogP contribution in [0.3, 0.4) is 0 Å². The summed E-state index contributed by atoms with van der Waals surface area (Å²) in [6.45, 7) is 5.15. The lowest BCUT2D eigenvalue weighted by Crippen LogP contribution is -2.30. The molecule has 0 aromatic rings. The lowest BCUT2D eigenvalue weighted by molar-refractivity contribution is -0.128. The summed E-state index contributed by atoms with van der Waals surface area (Å²) in [7, 11) is 0. The molecule has 0 aliphatic heterocycles. The van der Waals surface area contributed by atoms with E-state index in [0.29, 0.717) is 0 Å². The molecular formula is C11H14F2O. The second-order valence-electron chi connectivity index (χ2n) is 4.18. The van der Waals surface area contributed by atoms with Crippen molar-refractivity contribution in [1.29, 1.82) is 0 Å². The van der Waals surface area contributed by atoms with Crippen molar-refractivity contribution in [3.05, 3.63) is 23.8 Å². The van der Waals surface area contributed by atoms with Crippen LogP contribution in [-0.2, 0) is 4.79 Å². The van der Waals surface area contributed by atoms with Crippen molar-refractivity contribution in [2.45, 2.75) is 27.2 Å². The molecule has 1 unspecified atom stereocenters. The number of carbonyl (C=O) groups excluding carboxylic acids is 1. The zero-order valence-electron chi connectivity index (χ0n) is 8.60.